The van der Waals surface area contributed by atoms with Gasteiger partial charge in [0.15, 0.2) is 0 Å². The van der Waals surface area contributed by atoms with Gasteiger partial charge in [-0.1, -0.05) is 30.3 Å². The Balaban J connectivity index is 1.42. The molecular formula is C19H25N3O2. The molecule has 0 radical (unpaired) electrons. The molecule has 1 aromatic rings. The first kappa shape index (κ1) is 16.6. The van der Waals surface area contributed by atoms with Crippen molar-refractivity contribution in [3.8, 4) is 0 Å². The van der Waals surface area contributed by atoms with Crippen LogP contribution in [0.15, 0.2) is 36.4 Å². The highest BCUT2D eigenvalue weighted by Gasteiger charge is 2.27. The van der Waals surface area contributed by atoms with Gasteiger partial charge in [0, 0.05) is 38.3 Å². The van der Waals surface area contributed by atoms with Crippen molar-refractivity contribution in [3.05, 3.63) is 42.0 Å². The molecule has 0 saturated carbocycles. The quantitative estimate of drug-likeness (QED) is 0.867. The fraction of sp³-hybridized carbons (Fsp3) is 0.474. The summed E-state index contributed by atoms with van der Waals surface area (Å²) in [5.74, 6) is -0.0665. The summed E-state index contributed by atoms with van der Waals surface area (Å²) in [6.07, 6.45) is 7.28. The number of likely N-dealkylation sites (tertiary alicyclic amines) is 2. The van der Waals surface area contributed by atoms with E-state index >= 15 is 0 Å². The second-order valence-electron chi connectivity index (χ2n) is 6.49. The van der Waals surface area contributed by atoms with Gasteiger partial charge in [0.1, 0.15) is 0 Å². The van der Waals surface area contributed by atoms with Crippen LogP contribution in [0.5, 0.6) is 0 Å². The molecule has 0 atom stereocenters. The van der Waals surface area contributed by atoms with Gasteiger partial charge >= 0.3 is 6.03 Å². The third-order valence-corrected chi connectivity index (χ3v) is 4.72. The van der Waals surface area contributed by atoms with Crippen molar-refractivity contribution in [1.29, 1.82) is 0 Å². The van der Waals surface area contributed by atoms with E-state index in [4.69, 9.17) is 0 Å². The third kappa shape index (κ3) is 4.37. The van der Waals surface area contributed by atoms with E-state index in [1.165, 1.54) is 0 Å². The van der Waals surface area contributed by atoms with E-state index in [1.807, 2.05) is 46.2 Å². The van der Waals surface area contributed by atoms with Crippen molar-refractivity contribution in [3.63, 3.8) is 0 Å². The Kier molecular flexibility index (Phi) is 5.51. The molecule has 1 aromatic carbocycles. The van der Waals surface area contributed by atoms with Gasteiger partial charge in [0.05, 0.1) is 0 Å². The molecule has 1 N–H and O–H groups in total. The van der Waals surface area contributed by atoms with Gasteiger partial charge in [-0.3, -0.25) is 4.79 Å². The first-order chi connectivity index (χ1) is 11.7. The number of piperidine rings is 1. The van der Waals surface area contributed by atoms with Crippen LogP contribution >= 0.6 is 0 Å². The maximum absolute atomic E-state index is 12.3. The lowest BCUT2D eigenvalue weighted by Crippen LogP contribution is -2.49. The van der Waals surface area contributed by atoms with Crippen molar-refractivity contribution < 1.29 is 9.59 Å². The number of rotatable bonds is 3. The van der Waals surface area contributed by atoms with Gasteiger partial charge in [-0.25, -0.2) is 4.79 Å². The van der Waals surface area contributed by atoms with E-state index < -0.39 is 0 Å². The van der Waals surface area contributed by atoms with Crippen molar-refractivity contribution in [2.45, 2.75) is 31.7 Å². The zero-order chi connectivity index (χ0) is 16.8. The summed E-state index contributed by atoms with van der Waals surface area (Å²) >= 11 is 0. The molecule has 3 amide bonds. The lowest BCUT2D eigenvalue weighted by molar-refractivity contribution is -0.117. The first-order valence-electron chi connectivity index (χ1n) is 8.80. The Morgan fingerprint density at radius 1 is 0.958 bits per heavy atom. The highest BCUT2D eigenvalue weighted by molar-refractivity contribution is 5.91. The predicted molar refractivity (Wildman–Crippen MR) is 94.4 cm³/mol. The standard InChI is InChI=1S/C19H25N3O2/c23-18(9-8-16-6-2-1-3-7-16)20-17-10-14-22(15-11-17)19(24)21-12-4-5-13-21/h1-3,6-9,17H,4-5,10-15H2,(H,20,23). The van der Waals surface area contributed by atoms with Crippen LogP contribution in [0.3, 0.4) is 0 Å². The normalized spacial score (nSPS) is 19.0. The van der Waals surface area contributed by atoms with Crippen LogP contribution in [0.4, 0.5) is 4.79 Å². The van der Waals surface area contributed by atoms with Gasteiger partial charge in [0.2, 0.25) is 5.91 Å². The number of urea groups is 1. The van der Waals surface area contributed by atoms with Crippen molar-refractivity contribution >= 4 is 18.0 Å². The lowest BCUT2D eigenvalue weighted by Gasteiger charge is -2.34. The molecule has 0 unspecified atom stereocenters. The van der Waals surface area contributed by atoms with Gasteiger partial charge in [-0.15, -0.1) is 0 Å². The molecule has 128 valence electrons. The van der Waals surface area contributed by atoms with Crippen LogP contribution in [-0.2, 0) is 4.79 Å². The SMILES string of the molecule is O=C(C=Cc1ccccc1)NC1CCN(C(=O)N2CCCC2)CC1. The van der Waals surface area contributed by atoms with Gasteiger partial charge in [0.25, 0.3) is 0 Å². The number of nitrogens with one attached hydrogen (secondary N) is 1. The van der Waals surface area contributed by atoms with Crippen LogP contribution in [-0.4, -0.2) is 54.0 Å². The zero-order valence-electron chi connectivity index (χ0n) is 14.0. The van der Waals surface area contributed by atoms with Crippen LogP contribution in [0, 0.1) is 0 Å². The minimum atomic E-state index is -0.0665. The smallest absolute Gasteiger partial charge is 0.319 e. The summed E-state index contributed by atoms with van der Waals surface area (Å²) in [6, 6.07) is 10.1. The number of hydrogen-bond donors (Lipinski definition) is 1. The molecule has 3 rings (SSSR count). The zero-order valence-corrected chi connectivity index (χ0v) is 14.0. The van der Waals surface area contributed by atoms with Crippen molar-refractivity contribution in [1.82, 2.24) is 15.1 Å². The highest BCUT2D eigenvalue weighted by atomic mass is 16.2. The summed E-state index contributed by atoms with van der Waals surface area (Å²) in [4.78, 5) is 28.2. The van der Waals surface area contributed by atoms with Crippen molar-refractivity contribution in [2.75, 3.05) is 26.2 Å². The molecule has 0 aromatic heterocycles. The summed E-state index contributed by atoms with van der Waals surface area (Å²) in [7, 11) is 0. The maximum Gasteiger partial charge on any atom is 0.319 e. The number of carbonyl (C=O) groups excluding carboxylic acids is 2. The second-order valence-corrected chi connectivity index (χ2v) is 6.49. The molecule has 2 aliphatic heterocycles. The maximum atomic E-state index is 12.3. The van der Waals surface area contributed by atoms with Gasteiger partial charge in [-0.2, -0.15) is 0 Å². The first-order valence-corrected chi connectivity index (χ1v) is 8.80. The van der Waals surface area contributed by atoms with E-state index in [1.54, 1.807) is 6.08 Å². The number of benzene rings is 1. The molecule has 0 spiro atoms. The fourth-order valence-corrected chi connectivity index (χ4v) is 3.31. The van der Waals surface area contributed by atoms with Crippen molar-refractivity contribution in [2.24, 2.45) is 0 Å². The van der Waals surface area contributed by atoms with Crippen LogP contribution < -0.4 is 5.32 Å². The van der Waals surface area contributed by atoms with Gasteiger partial charge in [-0.05, 0) is 37.3 Å². The Bertz CT molecular complexity index is 586. The van der Waals surface area contributed by atoms with E-state index in [0.29, 0.717) is 0 Å². The highest BCUT2D eigenvalue weighted by Crippen LogP contribution is 2.16. The van der Waals surface area contributed by atoms with Gasteiger partial charge < -0.3 is 15.1 Å². The summed E-state index contributed by atoms with van der Waals surface area (Å²) in [5.41, 5.74) is 1.01. The van der Waals surface area contributed by atoms with E-state index in [-0.39, 0.29) is 18.0 Å². The molecule has 2 aliphatic rings. The molecule has 0 bridgehead atoms. The Hall–Kier alpha value is -2.30. The monoisotopic (exact) mass is 327 g/mol. The number of hydrogen-bond acceptors (Lipinski definition) is 2. The summed E-state index contributed by atoms with van der Waals surface area (Å²) in [6.45, 7) is 3.23. The topological polar surface area (TPSA) is 52.7 Å². The lowest BCUT2D eigenvalue weighted by atomic mass is 10.1. The van der Waals surface area contributed by atoms with Crippen LogP contribution in [0.2, 0.25) is 0 Å². The summed E-state index contributed by atoms with van der Waals surface area (Å²) in [5, 5.41) is 3.04. The Morgan fingerprint density at radius 2 is 1.58 bits per heavy atom. The number of carbonyl (C=O) groups is 2. The van der Waals surface area contributed by atoms with E-state index in [2.05, 4.69) is 5.32 Å². The minimum absolute atomic E-state index is 0.0665. The van der Waals surface area contributed by atoms with E-state index in [9.17, 15) is 9.59 Å². The molecule has 5 heteroatoms. The molecular weight excluding hydrogens is 302 g/mol. The molecule has 24 heavy (non-hydrogen) atoms. The van der Waals surface area contributed by atoms with Crippen LogP contribution in [0.1, 0.15) is 31.2 Å². The molecule has 2 heterocycles. The Morgan fingerprint density at radius 3 is 2.25 bits per heavy atom. The number of amides is 3. The van der Waals surface area contributed by atoms with Crippen LogP contribution in [0.25, 0.3) is 6.08 Å². The molecule has 5 nitrogen and oxygen atoms in total. The second kappa shape index (κ2) is 7.99. The largest absolute Gasteiger partial charge is 0.350 e. The molecule has 0 aliphatic carbocycles. The number of nitrogens with zero attached hydrogens (tertiary/aromatic N) is 2. The minimum Gasteiger partial charge on any atom is -0.350 e. The fourth-order valence-electron chi connectivity index (χ4n) is 3.31. The molecule has 2 saturated heterocycles. The predicted octanol–water partition coefficient (Wildman–Crippen LogP) is 2.50. The average molecular weight is 327 g/mol. The van der Waals surface area contributed by atoms with E-state index in [0.717, 1.165) is 57.4 Å². The molecule has 2 fully saturated rings. The average Bonchev–Trinajstić information content (AvgIpc) is 3.16. The Labute approximate surface area is 143 Å². The summed E-state index contributed by atoms with van der Waals surface area (Å²) < 4.78 is 0. The third-order valence-electron chi connectivity index (χ3n) is 4.72.